The van der Waals surface area contributed by atoms with Crippen LogP contribution in [0.1, 0.15) is 12.6 Å². The van der Waals surface area contributed by atoms with Crippen molar-refractivity contribution in [1.29, 1.82) is 0 Å². The molecule has 0 saturated carbocycles. The Kier molecular flexibility index (Phi) is 1.72. The molecule has 0 saturated heterocycles. The summed E-state index contributed by atoms with van der Waals surface area (Å²) in [6.07, 6.45) is 3.43. The molecule has 1 aromatic heterocycles. The highest BCUT2D eigenvalue weighted by Gasteiger charge is 1.97. The van der Waals surface area contributed by atoms with Crippen LogP contribution in [0.25, 0.3) is 0 Å². The second-order valence-electron chi connectivity index (χ2n) is 1.65. The molecule has 0 aliphatic carbocycles. The third kappa shape index (κ3) is 1.22. The van der Waals surface area contributed by atoms with Crippen LogP contribution in [0.15, 0.2) is 12.4 Å². The number of aromatic nitrogens is 2. The van der Waals surface area contributed by atoms with E-state index in [1.165, 1.54) is 12.4 Å². The number of aryl methyl sites for hydroxylation is 1. The fourth-order valence-corrected chi connectivity index (χ4v) is 0.587. The van der Waals surface area contributed by atoms with Crippen LogP contribution < -0.4 is 0 Å². The lowest BCUT2D eigenvalue weighted by molar-refractivity contribution is 0.557. The van der Waals surface area contributed by atoms with Crippen molar-refractivity contribution < 1.29 is 4.39 Å². The highest BCUT2D eigenvalue weighted by molar-refractivity contribution is 4.96. The molecule has 0 aromatic carbocycles. The summed E-state index contributed by atoms with van der Waals surface area (Å²) in [5.41, 5.74) is 0.428. The van der Waals surface area contributed by atoms with Gasteiger partial charge in [0, 0.05) is 12.4 Å². The van der Waals surface area contributed by atoms with E-state index in [0.717, 1.165) is 0 Å². The third-order valence-electron chi connectivity index (χ3n) is 1.06. The summed E-state index contributed by atoms with van der Waals surface area (Å²) in [6, 6.07) is 0. The van der Waals surface area contributed by atoms with Crippen LogP contribution in [0.2, 0.25) is 0 Å². The molecule has 0 atom stereocenters. The van der Waals surface area contributed by atoms with Crippen LogP contribution in [-0.4, -0.2) is 9.97 Å². The quantitative estimate of drug-likeness (QED) is 0.564. The van der Waals surface area contributed by atoms with Crippen molar-refractivity contribution in [2.45, 2.75) is 13.3 Å². The van der Waals surface area contributed by atoms with Gasteiger partial charge in [-0.15, -0.1) is 0 Å². The summed E-state index contributed by atoms with van der Waals surface area (Å²) in [5, 5.41) is 0. The predicted molar refractivity (Wildman–Crippen MR) is 31.4 cm³/mol. The van der Waals surface area contributed by atoms with E-state index < -0.39 is 5.95 Å². The van der Waals surface area contributed by atoms with Gasteiger partial charge in [-0.25, -0.2) is 4.98 Å². The van der Waals surface area contributed by atoms with Gasteiger partial charge in [0.15, 0.2) is 0 Å². The van der Waals surface area contributed by atoms with E-state index in [1.54, 1.807) is 0 Å². The summed E-state index contributed by atoms with van der Waals surface area (Å²) in [6.45, 7) is 1.84. The van der Waals surface area contributed by atoms with Crippen LogP contribution in [0.3, 0.4) is 0 Å². The zero-order valence-corrected chi connectivity index (χ0v) is 5.13. The molecule has 2 nitrogen and oxygen atoms in total. The van der Waals surface area contributed by atoms with E-state index in [4.69, 9.17) is 0 Å². The van der Waals surface area contributed by atoms with Gasteiger partial charge in [-0.2, -0.15) is 4.39 Å². The Morgan fingerprint density at radius 3 is 2.56 bits per heavy atom. The van der Waals surface area contributed by atoms with Gasteiger partial charge in [-0.1, -0.05) is 6.92 Å². The molecule has 0 bridgehead atoms. The minimum absolute atomic E-state index is 0.428. The molecule has 0 amide bonds. The lowest BCUT2D eigenvalue weighted by Crippen LogP contribution is -1.93. The SMILES string of the molecule is CCc1nccnc1F. The number of rotatable bonds is 1. The predicted octanol–water partition coefficient (Wildman–Crippen LogP) is 1.18. The van der Waals surface area contributed by atoms with Crippen LogP contribution in [0, 0.1) is 5.95 Å². The number of hydrogen-bond donors (Lipinski definition) is 0. The molecule has 0 unspecified atom stereocenters. The molecule has 1 heterocycles. The smallest absolute Gasteiger partial charge is 0.234 e. The Balaban J connectivity index is 3.01. The van der Waals surface area contributed by atoms with E-state index in [2.05, 4.69) is 9.97 Å². The lowest BCUT2D eigenvalue weighted by atomic mass is 10.3. The van der Waals surface area contributed by atoms with Gasteiger partial charge in [0.1, 0.15) is 0 Å². The largest absolute Gasteiger partial charge is 0.255 e. The highest BCUT2D eigenvalue weighted by atomic mass is 19.1. The Morgan fingerprint density at radius 1 is 1.44 bits per heavy atom. The normalized spacial score (nSPS) is 9.56. The molecule has 0 N–H and O–H groups in total. The zero-order chi connectivity index (χ0) is 6.69. The molecule has 0 spiro atoms. The van der Waals surface area contributed by atoms with Gasteiger partial charge in [-0.05, 0) is 6.42 Å². The monoisotopic (exact) mass is 126 g/mol. The molecule has 3 heteroatoms. The maximum atomic E-state index is 12.4. The van der Waals surface area contributed by atoms with Crippen molar-refractivity contribution in [3.63, 3.8) is 0 Å². The average Bonchev–Trinajstić information content (AvgIpc) is 1.89. The van der Waals surface area contributed by atoms with Crippen molar-refractivity contribution in [2.24, 2.45) is 0 Å². The van der Waals surface area contributed by atoms with Gasteiger partial charge >= 0.3 is 0 Å². The fraction of sp³-hybridized carbons (Fsp3) is 0.333. The number of nitrogens with zero attached hydrogens (tertiary/aromatic N) is 2. The molecular weight excluding hydrogens is 119 g/mol. The summed E-state index contributed by atoms with van der Waals surface area (Å²) < 4.78 is 12.4. The molecule has 1 aromatic rings. The summed E-state index contributed by atoms with van der Waals surface area (Å²) in [4.78, 5) is 7.18. The Hall–Kier alpha value is -0.990. The molecule has 48 valence electrons. The van der Waals surface area contributed by atoms with Crippen molar-refractivity contribution >= 4 is 0 Å². The molecule has 1 rings (SSSR count). The van der Waals surface area contributed by atoms with E-state index in [1.807, 2.05) is 6.92 Å². The molecule has 0 aliphatic rings. The fourth-order valence-electron chi connectivity index (χ4n) is 0.587. The zero-order valence-electron chi connectivity index (χ0n) is 5.13. The van der Waals surface area contributed by atoms with Crippen molar-refractivity contribution in [3.05, 3.63) is 24.0 Å². The Labute approximate surface area is 52.8 Å². The minimum atomic E-state index is -0.458. The van der Waals surface area contributed by atoms with E-state index in [0.29, 0.717) is 12.1 Å². The molecule has 9 heavy (non-hydrogen) atoms. The third-order valence-corrected chi connectivity index (χ3v) is 1.06. The first-order valence-corrected chi connectivity index (χ1v) is 2.80. The number of hydrogen-bond acceptors (Lipinski definition) is 2. The van der Waals surface area contributed by atoms with E-state index in [-0.39, 0.29) is 0 Å². The van der Waals surface area contributed by atoms with E-state index >= 15 is 0 Å². The van der Waals surface area contributed by atoms with Crippen molar-refractivity contribution in [1.82, 2.24) is 9.97 Å². The second kappa shape index (κ2) is 2.53. The molecule has 0 fully saturated rings. The summed E-state index contributed by atoms with van der Waals surface area (Å²) >= 11 is 0. The molecular formula is C6H7FN2. The first-order chi connectivity index (χ1) is 4.34. The van der Waals surface area contributed by atoms with Gasteiger partial charge in [0.2, 0.25) is 5.95 Å². The number of halogens is 1. The van der Waals surface area contributed by atoms with Crippen LogP contribution in [0.4, 0.5) is 4.39 Å². The van der Waals surface area contributed by atoms with Gasteiger partial charge in [0.25, 0.3) is 0 Å². The van der Waals surface area contributed by atoms with Crippen LogP contribution >= 0.6 is 0 Å². The first-order valence-electron chi connectivity index (χ1n) is 2.80. The van der Waals surface area contributed by atoms with E-state index in [9.17, 15) is 4.39 Å². The summed E-state index contributed by atoms with van der Waals surface area (Å²) in [5.74, 6) is -0.458. The average molecular weight is 126 g/mol. The van der Waals surface area contributed by atoms with Gasteiger partial charge in [-0.3, -0.25) is 4.98 Å². The maximum absolute atomic E-state index is 12.4. The molecule has 0 radical (unpaired) electrons. The lowest BCUT2D eigenvalue weighted by Gasteiger charge is -1.92. The van der Waals surface area contributed by atoms with Gasteiger partial charge < -0.3 is 0 Å². The molecule has 0 aliphatic heterocycles. The van der Waals surface area contributed by atoms with Crippen molar-refractivity contribution in [2.75, 3.05) is 0 Å². The maximum Gasteiger partial charge on any atom is 0.234 e. The minimum Gasteiger partial charge on any atom is -0.255 e. The standard InChI is InChI=1S/C6H7FN2/c1-2-5-6(7)9-4-3-8-5/h3-4H,2H2,1H3. The summed E-state index contributed by atoms with van der Waals surface area (Å²) in [7, 11) is 0. The topological polar surface area (TPSA) is 25.8 Å². The Morgan fingerprint density at radius 2 is 2.11 bits per heavy atom. The first kappa shape index (κ1) is 6.13. The van der Waals surface area contributed by atoms with Crippen LogP contribution in [0.5, 0.6) is 0 Å². The Bertz CT molecular complexity index is 200. The van der Waals surface area contributed by atoms with Gasteiger partial charge in [0.05, 0.1) is 5.69 Å². The second-order valence-corrected chi connectivity index (χ2v) is 1.65. The highest BCUT2D eigenvalue weighted by Crippen LogP contribution is 1.97. The van der Waals surface area contributed by atoms with Crippen molar-refractivity contribution in [3.8, 4) is 0 Å². The van der Waals surface area contributed by atoms with Crippen LogP contribution in [-0.2, 0) is 6.42 Å².